The molecular formula is C14H16FNS. The lowest BCUT2D eigenvalue weighted by molar-refractivity contribution is 0.478. The van der Waals surface area contributed by atoms with E-state index in [-0.39, 0.29) is 17.9 Å². The molecule has 1 aromatic carbocycles. The first kappa shape index (κ1) is 12.3. The Hall–Kier alpha value is -1.19. The summed E-state index contributed by atoms with van der Waals surface area (Å²) >= 11 is 1.72. The van der Waals surface area contributed by atoms with E-state index in [1.807, 2.05) is 25.1 Å². The molecular weight excluding hydrogens is 233 g/mol. The molecule has 2 rings (SSSR count). The molecule has 0 saturated heterocycles. The van der Waals surface area contributed by atoms with Crippen LogP contribution in [-0.2, 0) is 0 Å². The normalized spacial score (nSPS) is 14.5. The predicted octanol–water partition coefficient (Wildman–Crippen LogP) is 4.30. The molecule has 90 valence electrons. The molecule has 1 aromatic heterocycles. The molecule has 0 saturated carbocycles. The van der Waals surface area contributed by atoms with Crippen molar-refractivity contribution in [1.29, 1.82) is 0 Å². The van der Waals surface area contributed by atoms with Gasteiger partial charge in [-0.2, -0.15) is 0 Å². The van der Waals surface area contributed by atoms with Crippen LogP contribution in [0.5, 0.6) is 0 Å². The highest BCUT2D eigenvalue weighted by Gasteiger charge is 2.14. The van der Waals surface area contributed by atoms with Gasteiger partial charge in [0, 0.05) is 22.5 Å². The molecule has 1 unspecified atom stereocenters. The van der Waals surface area contributed by atoms with Gasteiger partial charge < -0.3 is 5.32 Å². The first-order valence-corrected chi connectivity index (χ1v) is 6.60. The molecule has 0 spiro atoms. The standard InChI is InChI=1S/C14H16FNS/c1-10(12-6-3-4-7-13(12)15)16-11(2)14-8-5-9-17-14/h3-11,16H,1-2H3/t10-,11?/m1/s1. The monoisotopic (exact) mass is 249 g/mol. The van der Waals surface area contributed by atoms with Crippen molar-refractivity contribution in [1.82, 2.24) is 5.32 Å². The van der Waals surface area contributed by atoms with Gasteiger partial charge in [-0.25, -0.2) is 4.39 Å². The summed E-state index contributed by atoms with van der Waals surface area (Å²) in [6.45, 7) is 4.09. The van der Waals surface area contributed by atoms with Crippen molar-refractivity contribution >= 4 is 11.3 Å². The van der Waals surface area contributed by atoms with Crippen molar-refractivity contribution in [2.24, 2.45) is 0 Å². The summed E-state index contributed by atoms with van der Waals surface area (Å²) in [5, 5.41) is 5.47. The van der Waals surface area contributed by atoms with Gasteiger partial charge in [-0.3, -0.25) is 0 Å². The zero-order valence-corrected chi connectivity index (χ0v) is 10.8. The molecule has 0 radical (unpaired) electrons. The number of nitrogens with one attached hydrogen (secondary N) is 1. The Morgan fingerprint density at radius 1 is 1.06 bits per heavy atom. The molecule has 0 aliphatic carbocycles. The molecule has 1 N–H and O–H groups in total. The van der Waals surface area contributed by atoms with Gasteiger partial charge in [-0.15, -0.1) is 11.3 Å². The van der Waals surface area contributed by atoms with Crippen LogP contribution in [0.4, 0.5) is 4.39 Å². The molecule has 2 aromatic rings. The summed E-state index contributed by atoms with van der Waals surface area (Å²) < 4.78 is 13.6. The maximum atomic E-state index is 13.6. The molecule has 2 atom stereocenters. The van der Waals surface area contributed by atoms with Crippen LogP contribution in [0.2, 0.25) is 0 Å². The third-order valence-electron chi connectivity index (χ3n) is 2.84. The zero-order valence-electron chi connectivity index (χ0n) is 9.98. The van der Waals surface area contributed by atoms with Gasteiger partial charge in [-0.1, -0.05) is 24.3 Å². The highest BCUT2D eigenvalue weighted by molar-refractivity contribution is 7.10. The van der Waals surface area contributed by atoms with Crippen LogP contribution in [0.1, 0.15) is 36.4 Å². The van der Waals surface area contributed by atoms with Crippen LogP contribution in [0.25, 0.3) is 0 Å². The van der Waals surface area contributed by atoms with Crippen LogP contribution >= 0.6 is 11.3 Å². The van der Waals surface area contributed by atoms with Gasteiger partial charge in [0.25, 0.3) is 0 Å². The van der Waals surface area contributed by atoms with E-state index in [2.05, 4.69) is 23.7 Å². The summed E-state index contributed by atoms with van der Waals surface area (Å²) in [7, 11) is 0. The van der Waals surface area contributed by atoms with Crippen LogP contribution < -0.4 is 5.32 Å². The third-order valence-corrected chi connectivity index (χ3v) is 3.90. The minimum absolute atomic E-state index is 0.00769. The molecule has 0 amide bonds. The number of halogens is 1. The zero-order chi connectivity index (χ0) is 12.3. The van der Waals surface area contributed by atoms with Gasteiger partial charge >= 0.3 is 0 Å². The van der Waals surface area contributed by atoms with E-state index in [1.165, 1.54) is 10.9 Å². The van der Waals surface area contributed by atoms with Gasteiger partial charge in [-0.05, 0) is 31.4 Å². The van der Waals surface area contributed by atoms with Crippen molar-refractivity contribution in [3.8, 4) is 0 Å². The fourth-order valence-electron chi connectivity index (χ4n) is 1.91. The molecule has 0 aliphatic heterocycles. The second-order valence-corrected chi connectivity index (χ2v) is 5.13. The fraction of sp³-hybridized carbons (Fsp3) is 0.286. The largest absolute Gasteiger partial charge is 0.303 e. The summed E-state index contributed by atoms with van der Waals surface area (Å²) in [6, 6.07) is 11.3. The molecule has 1 nitrogen and oxygen atoms in total. The molecule has 0 aliphatic rings. The van der Waals surface area contributed by atoms with Crippen LogP contribution in [0.15, 0.2) is 41.8 Å². The Kier molecular flexibility index (Phi) is 3.92. The SMILES string of the molecule is CC(N[C@H](C)c1ccccc1F)c1cccs1. The first-order valence-electron chi connectivity index (χ1n) is 5.72. The van der Waals surface area contributed by atoms with Crippen molar-refractivity contribution in [3.63, 3.8) is 0 Å². The Labute approximate surface area is 105 Å². The van der Waals surface area contributed by atoms with E-state index in [0.29, 0.717) is 0 Å². The fourth-order valence-corrected chi connectivity index (χ4v) is 2.65. The summed E-state index contributed by atoms with van der Waals surface area (Å²) in [6.07, 6.45) is 0. The predicted molar refractivity (Wildman–Crippen MR) is 70.7 cm³/mol. The number of benzene rings is 1. The minimum Gasteiger partial charge on any atom is -0.303 e. The third kappa shape index (κ3) is 2.93. The summed E-state index contributed by atoms with van der Waals surface area (Å²) in [5.41, 5.74) is 0.718. The van der Waals surface area contributed by atoms with Gasteiger partial charge in [0.1, 0.15) is 5.82 Å². The summed E-state index contributed by atoms with van der Waals surface area (Å²) in [5.74, 6) is -0.147. The topological polar surface area (TPSA) is 12.0 Å². The molecule has 1 heterocycles. The Morgan fingerprint density at radius 3 is 2.47 bits per heavy atom. The number of rotatable bonds is 4. The Bertz CT molecular complexity index is 467. The van der Waals surface area contributed by atoms with Crippen molar-refractivity contribution in [3.05, 3.63) is 58.0 Å². The van der Waals surface area contributed by atoms with Crippen LogP contribution in [0.3, 0.4) is 0 Å². The lowest BCUT2D eigenvalue weighted by atomic mass is 10.1. The van der Waals surface area contributed by atoms with Gasteiger partial charge in [0.05, 0.1) is 0 Å². The van der Waals surface area contributed by atoms with Crippen LogP contribution in [0, 0.1) is 5.82 Å². The maximum absolute atomic E-state index is 13.6. The van der Waals surface area contributed by atoms with E-state index in [0.717, 1.165) is 5.56 Å². The van der Waals surface area contributed by atoms with E-state index in [1.54, 1.807) is 17.4 Å². The number of thiophene rings is 1. The highest BCUT2D eigenvalue weighted by atomic mass is 32.1. The van der Waals surface area contributed by atoms with Crippen molar-refractivity contribution in [2.45, 2.75) is 25.9 Å². The van der Waals surface area contributed by atoms with Crippen molar-refractivity contribution in [2.75, 3.05) is 0 Å². The lowest BCUT2D eigenvalue weighted by Gasteiger charge is -2.19. The molecule has 3 heteroatoms. The van der Waals surface area contributed by atoms with E-state index >= 15 is 0 Å². The van der Waals surface area contributed by atoms with Gasteiger partial charge in [0.2, 0.25) is 0 Å². The Morgan fingerprint density at radius 2 is 1.82 bits per heavy atom. The van der Waals surface area contributed by atoms with Crippen LogP contribution in [-0.4, -0.2) is 0 Å². The molecule has 0 fully saturated rings. The quantitative estimate of drug-likeness (QED) is 0.852. The molecule has 17 heavy (non-hydrogen) atoms. The van der Waals surface area contributed by atoms with Crippen molar-refractivity contribution < 1.29 is 4.39 Å². The van der Waals surface area contributed by atoms with E-state index in [4.69, 9.17) is 0 Å². The summed E-state index contributed by atoms with van der Waals surface area (Å²) in [4.78, 5) is 1.27. The second kappa shape index (κ2) is 5.43. The maximum Gasteiger partial charge on any atom is 0.127 e. The van der Waals surface area contributed by atoms with Gasteiger partial charge in [0.15, 0.2) is 0 Å². The average Bonchev–Trinajstić information content (AvgIpc) is 2.82. The van der Waals surface area contributed by atoms with E-state index in [9.17, 15) is 4.39 Å². The minimum atomic E-state index is -0.147. The smallest absolute Gasteiger partial charge is 0.127 e. The first-order chi connectivity index (χ1) is 8.18. The number of hydrogen-bond acceptors (Lipinski definition) is 2. The lowest BCUT2D eigenvalue weighted by Crippen LogP contribution is -2.22. The number of hydrogen-bond donors (Lipinski definition) is 1. The highest BCUT2D eigenvalue weighted by Crippen LogP contribution is 2.23. The van der Waals surface area contributed by atoms with E-state index < -0.39 is 0 Å². The second-order valence-electron chi connectivity index (χ2n) is 4.15. The Balaban J connectivity index is 2.07. The molecule has 0 bridgehead atoms. The average molecular weight is 249 g/mol.